The molecule has 8 heteroatoms. The average Bonchev–Trinajstić information content (AvgIpc) is 3.17. The number of rotatable bonds is 5. The number of piperazine rings is 1. The van der Waals surface area contributed by atoms with Crippen molar-refractivity contribution in [2.45, 2.75) is 39.2 Å². The van der Waals surface area contributed by atoms with Crippen molar-refractivity contribution in [2.24, 2.45) is 0 Å². The van der Waals surface area contributed by atoms with Crippen molar-refractivity contribution < 1.29 is 14.3 Å². The minimum atomic E-state index is -0.110. The fourth-order valence-electron chi connectivity index (χ4n) is 4.55. The Balaban J connectivity index is 1.24. The van der Waals surface area contributed by atoms with Gasteiger partial charge in [-0.05, 0) is 49.1 Å². The van der Waals surface area contributed by atoms with Crippen LogP contribution in [0, 0.1) is 6.92 Å². The Hall–Kier alpha value is -3.29. The van der Waals surface area contributed by atoms with Crippen molar-refractivity contribution in [3.8, 4) is 5.75 Å². The normalized spacial score (nSPS) is 16.7. The summed E-state index contributed by atoms with van der Waals surface area (Å²) in [5.41, 5.74) is 2.58. The third kappa shape index (κ3) is 5.79. The third-order valence-electron chi connectivity index (χ3n) is 6.69. The molecule has 4 rings (SSSR count). The molecule has 2 aliphatic rings. The van der Waals surface area contributed by atoms with E-state index in [4.69, 9.17) is 4.74 Å². The molecule has 0 saturated carbocycles. The lowest BCUT2D eigenvalue weighted by Gasteiger charge is -2.34. The van der Waals surface area contributed by atoms with Crippen LogP contribution < -0.4 is 15.0 Å². The van der Waals surface area contributed by atoms with E-state index < -0.39 is 0 Å². The van der Waals surface area contributed by atoms with Gasteiger partial charge >= 0.3 is 6.03 Å². The maximum Gasteiger partial charge on any atom is 0.317 e. The molecule has 0 aliphatic carbocycles. The Kier molecular flexibility index (Phi) is 7.87. The van der Waals surface area contributed by atoms with Gasteiger partial charge in [-0.15, -0.1) is 0 Å². The van der Waals surface area contributed by atoms with E-state index in [1.54, 1.807) is 23.0 Å². The van der Waals surface area contributed by atoms with E-state index >= 15 is 0 Å². The second kappa shape index (κ2) is 11.2. The number of nitrogens with one attached hydrogen (secondary N) is 1. The molecule has 2 aromatic rings. The number of pyridine rings is 1. The van der Waals surface area contributed by atoms with Crippen LogP contribution in [0.25, 0.3) is 0 Å². The smallest absolute Gasteiger partial charge is 0.317 e. The SMILES string of the molecule is COc1cc(C(=O)N2CCN(C(=O)NCc3ccc(N4CCCCCC4)nc3)CC2)ccc1C. The summed E-state index contributed by atoms with van der Waals surface area (Å²) >= 11 is 0. The van der Waals surface area contributed by atoms with Gasteiger partial charge in [0, 0.05) is 57.6 Å². The lowest BCUT2D eigenvalue weighted by Crippen LogP contribution is -2.53. The quantitative estimate of drug-likeness (QED) is 0.732. The number of benzene rings is 1. The number of nitrogens with zero attached hydrogens (tertiary/aromatic N) is 4. The van der Waals surface area contributed by atoms with Gasteiger partial charge in [-0.2, -0.15) is 0 Å². The molecule has 0 bridgehead atoms. The largest absolute Gasteiger partial charge is 0.496 e. The number of methoxy groups -OCH3 is 1. The lowest BCUT2D eigenvalue weighted by molar-refractivity contribution is 0.0664. The highest BCUT2D eigenvalue weighted by molar-refractivity contribution is 5.95. The van der Waals surface area contributed by atoms with Gasteiger partial charge in [0.1, 0.15) is 11.6 Å². The molecule has 3 heterocycles. The zero-order chi connectivity index (χ0) is 23.9. The summed E-state index contributed by atoms with van der Waals surface area (Å²) < 4.78 is 5.34. The van der Waals surface area contributed by atoms with E-state index in [1.165, 1.54) is 25.7 Å². The van der Waals surface area contributed by atoms with Crippen molar-refractivity contribution in [1.82, 2.24) is 20.1 Å². The van der Waals surface area contributed by atoms with Crippen LogP contribution in [0.15, 0.2) is 36.5 Å². The maximum absolute atomic E-state index is 12.9. The number of ether oxygens (including phenoxy) is 1. The summed E-state index contributed by atoms with van der Waals surface area (Å²) in [6, 6.07) is 9.48. The molecule has 182 valence electrons. The molecule has 0 radical (unpaired) electrons. The van der Waals surface area contributed by atoms with Gasteiger partial charge in [-0.1, -0.05) is 25.0 Å². The van der Waals surface area contributed by atoms with Crippen LogP contribution >= 0.6 is 0 Å². The summed E-state index contributed by atoms with van der Waals surface area (Å²) in [5, 5.41) is 2.99. The van der Waals surface area contributed by atoms with Crippen LogP contribution in [0.1, 0.15) is 47.2 Å². The first-order valence-electron chi connectivity index (χ1n) is 12.2. The van der Waals surface area contributed by atoms with Gasteiger partial charge in [-0.25, -0.2) is 9.78 Å². The Morgan fingerprint density at radius 2 is 1.65 bits per heavy atom. The molecular weight excluding hydrogens is 430 g/mol. The van der Waals surface area contributed by atoms with Gasteiger partial charge in [0.05, 0.1) is 7.11 Å². The first-order chi connectivity index (χ1) is 16.5. The zero-order valence-electron chi connectivity index (χ0n) is 20.3. The summed E-state index contributed by atoms with van der Waals surface area (Å²) in [5.74, 6) is 1.69. The first-order valence-corrected chi connectivity index (χ1v) is 12.2. The van der Waals surface area contributed by atoms with Crippen LogP contribution in [0.5, 0.6) is 5.75 Å². The van der Waals surface area contributed by atoms with Crippen molar-refractivity contribution in [3.05, 3.63) is 53.2 Å². The van der Waals surface area contributed by atoms with Crippen molar-refractivity contribution in [1.29, 1.82) is 0 Å². The first kappa shape index (κ1) is 23.9. The molecule has 0 unspecified atom stereocenters. The monoisotopic (exact) mass is 465 g/mol. The second-order valence-corrected chi connectivity index (χ2v) is 9.05. The fourth-order valence-corrected chi connectivity index (χ4v) is 4.55. The summed E-state index contributed by atoms with van der Waals surface area (Å²) in [6.45, 7) is 6.55. The second-order valence-electron chi connectivity index (χ2n) is 9.05. The average molecular weight is 466 g/mol. The predicted molar refractivity (Wildman–Crippen MR) is 132 cm³/mol. The van der Waals surface area contributed by atoms with E-state index in [0.717, 1.165) is 30.0 Å². The van der Waals surface area contributed by atoms with E-state index in [1.807, 2.05) is 31.3 Å². The topological polar surface area (TPSA) is 78.0 Å². The summed E-state index contributed by atoms with van der Waals surface area (Å²) in [4.78, 5) is 36.0. The van der Waals surface area contributed by atoms with E-state index in [2.05, 4.69) is 21.3 Å². The van der Waals surface area contributed by atoms with E-state index in [0.29, 0.717) is 44.0 Å². The summed E-state index contributed by atoms with van der Waals surface area (Å²) in [7, 11) is 1.61. The predicted octanol–water partition coefficient (Wildman–Crippen LogP) is 3.45. The molecule has 8 nitrogen and oxygen atoms in total. The highest BCUT2D eigenvalue weighted by Gasteiger charge is 2.25. The minimum Gasteiger partial charge on any atom is -0.496 e. The lowest BCUT2D eigenvalue weighted by atomic mass is 10.1. The molecule has 2 aliphatic heterocycles. The van der Waals surface area contributed by atoms with Gasteiger partial charge in [0.25, 0.3) is 5.91 Å². The molecule has 1 aromatic heterocycles. The van der Waals surface area contributed by atoms with Crippen LogP contribution in [-0.4, -0.2) is 73.1 Å². The molecule has 2 saturated heterocycles. The van der Waals surface area contributed by atoms with Crippen molar-refractivity contribution in [3.63, 3.8) is 0 Å². The van der Waals surface area contributed by atoms with Gasteiger partial charge in [0.2, 0.25) is 0 Å². The highest BCUT2D eigenvalue weighted by atomic mass is 16.5. The number of urea groups is 1. The number of anilines is 1. The maximum atomic E-state index is 12.9. The molecular formula is C26H35N5O3. The summed E-state index contributed by atoms with van der Waals surface area (Å²) in [6.07, 6.45) is 6.88. The number of hydrogen-bond acceptors (Lipinski definition) is 5. The Labute approximate surface area is 201 Å². The van der Waals surface area contributed by atoms with Crippen molar-refractivity contribution in [2.75, 3.05) is 51.3 Å². The minimum absolute atomic E-state index is 0.0334. The van der Waals surface area contributed by atoms with Crippen molar-refractivity contribution >= 4 is 17.8 Å². The number of carbonyl (C=O) groups is 2. The standard InChI is InChI=1S/C26H35N5O3/c1-20-7-9-22(17-23(20)34-2)25(32)30-13-15-31(16-14-30)26(33)28-19-21-8-10-24(27-18-21)29-11-5-3-4-6-12-29/h7-10,17-18H,3-6,11-16,19H2,1-2H3,(H,28,33). The van der Waals surface area contributed by atoms with Gasteiger partial charge in [0.15, 0.2) is 0 Å². The molecule has 1 N–H and O–H groups in total. The van der Waals surface area contributed by atoms with E-state index in [9.17, 15) is 9.59 Å². The molecule has 1 aromatic carbocycles. The third-order valence-corrected chi connectivity index (χ3v) is 6.69. The van der Waals surface area contributed by atoms with Crippen LogP contribution in [-0.2, 0) is 6.54 Å². The highest BCUT2D eigenvalue weighted by Crippen LogP contribution is 2.21. The molecule has 2 fully saturated rings. The molecule has 0 atom stereocenters. The number of aromatic nitrogens is 1. The Morgan fingerprint density at radius 1 is 0.941 bits per heavy atom. The molecule has 3 amide bonds. The number of aryl methyl sites for hydroxylation is 1. The van der Waals surface area contributed by atoms with Gasteiger partial charge in [-0.3, -0.25) is 4.79 Å². The van der Waals surface area contributed by atoms with Crippen LogP contribution in [0.4, 0.5) is 10.6 Å². The van der Waals surface area contributed by atoms with Crippen LogP contribution in [0.3, 0.4) is 0 Å². The van der Waals surface area contributed by atoms with Crippen LogP contribution in [0.2, 0.25) is 0 Å². The number of amides is 3. The Morgan fingerprint density at radius 3 is 2.29 bits per heavy atom. The van der Waals surface area contributed by atoms with E-state index in [-0.39, 0.29) is 11.9 Å². The number of carbonyl (C=O) groups excluding carboxylic acids is 2. The molecule has 0 spiro atoms. The zero-order valence-corrected chi connectivity index (χ0v) is 20.3. The molecule has 34 heavy (non-hydrogen) atoms. The fraction of sp³-hybridized carbons (Fsp3) is 0.500. The number of hydrogen-bond donors (Lipinski definition) is 1. The van der Waals surface area contributed by atoms with Gasteiger partial charge < -0.3 is 24.8 Å². The Bertz CT molecular complexity index is 978.